The molecule has 4 nitrogen and oxygen atoms in total. The van der Waals surface area contributed by atoms with Gasteiger partial charge >= 0.3 is 7.60 Å². The lowest BCUT2D eigenvalue weighted by atomic mass is 10.1. The molecule has 0 spiro atoms. The van der Waals surface area contributed by atoms with Gasteiger partial charge in [-0.3, -0.25) is 4.57 Å². The van der Waals surface area contributed by atoms with Crippen LogP contribution in [-0.2, 0) is 4.57 Å². The van der Waals surface area contributed by atoms with E-state index in [1.54, 1.807) is 0 Å². The van der Waals surface area contributed by atoms with Crippen LogP contribution in [0.5, 0.6) is 0 Å². The zero-order chi connectivity index (χ0) is 8.36. The van der Waals surface area contributed by atoms with Gasteiger partial charge in [-0.2, -0.15) is 0 Å². The molecule has 0 bridgehead atoms. The van der Waals surface area contributed by atoms with Crippen molar-refractivity contribution in [3.63, 3.8) is 0 Å². The third kappa shape index (κ3) is 4.01. The van der Waals surface area contributed by atoms with E-state index >= 15 is 0 Å². The Balaban J connectivity index is 3.86. The van der Waals surface area contributed by atoms with Gasteiger partial charge in [-0.25, -0.2) is 0 Å². The predicted molar refractivity (Wildman–Crippen MR) is 39.5 cm³/mol. The van der Waals surface area contributed by atoms with Gasteiger partial charge in [0.25, 0.3) is 0 Å². The van der Waals surface area contributed by atoms with Crippen molar-refractivity contribution in [1.29, 1.82) is 0 Å². The maximum Gasteiger partial charge on any atom is 0.342 e. The molecule has 0 aromatic heterocycles. The quantitative estimate of drug-likeness (QED) is 0.534. The third-order valence-corrected chi connectivity index (χ3v) is 2.22. The van der Waals surface area contributed by atoms with Crippen LogP contribution in [0.25, 0.3) is 0 Å². The average molecular weight is 167 g/mol. The third-order valence-electron chi connectivity index (χ3n) is 1.14. The van der Waals surface area contributed by atoms with Gasteiger partial charge in [0.05, 0.1) is 0 Å². The Hall–Kier alpha value is 0.110. The molecule has 0 amide bonds. The van der Waals surface area contributed by atoms with Crippen molar-refractivity contribution in [1.82, 2.24) is 0 Å². The molecule has 0 aromatic carbocycles. The van der Waals surface area contributed by atoms with Crippen LogP contribution < -0.4 is 5.73 Å². The van der Waals surface area contributed by atoms with Crippen molar-refractivity contribution in [3.8, 4) is 0 Å². The molecule has 0 radical (unpaired) electrons. The molecule has 0 aromatic rings. The first kappa shape index (κ1) is 10.1. The van der Waals surface area contributed by atoms with Gasteiger partial charge in [-0.15, -0.1) is 0 Å². The van der Waals surface area contributed by atoms with Crippen molar-refractivity contribution >= 4 is 7.60 Å². The fourth-order valence-corrected chi connectivity index (χ4v) is 1.32. The Labute approximate surface area is 60.6 Å². The van der Waals surface area contributed by atoms with Gasteiger partial charge in [-0.05, 0) is 12.3 Å². The summed E-state index contributed by atoms with van der Waals surface area (Å²) in [4.78, 5) is 17.0. The van der Waals surface area contributed by atoms with Gasteiger partial charge in [0.2, 0.25) is 0 Å². The van der Waals surface area contributed by atoms with Crippen molar-refractivity contribution in [2.45, 2.75) is 26.1 Å². The summed E-state index contributed by atoms with van der Waals surface area (Å²) in [5.74, 6) is -0.768. The van der Waals surface area contributed by atoms with E-state index in [-0.39, 0.29) is 5.92 Å². The van der Waals surface area contributed by atoms with Crippen molar-refractivity contribution in [2.24, 2.45) is 11.7 Å². The first-order chi connectivity index (χ1) is 4.34. The summed E-state index contributed by atoms with van der Waals surface area (Å²) in [6, 6.07) is 0. The molecule has 10 heavy (non-hydrogen) atoms. The normalized spacial score (nSPS) is 15.8. The van der Waals surface area contributed by atoms with Crippen LogP contribution in [0.15, 0.2) is 0 Å². The molecule has 0 aliphatic carbocycles. The molecule has 62 valence electrons. The first-order valence-electron chi connectivity index (χ1n) is 3.15. The number of rotatable bonds is 3. The van der Waals surface area contributed by atoms with Crippen LogP contribution in [0.4, 0.5) is 0 Å². The van der Waals surface area contributed by atoms with E-state index in [0.29, 0.717) is 6.42 Å². The van der Waals surface area contributed by atoms with Gasteiger partial charge in [0.15, 0.2) is 0 Å². The summed E-state index contributed by atoms with van der Waals surface area (Å²) in [5.41, 5.74) is 5.19. The molecule has 1 atom stereocenters. The molecular weight excluding hydrogens is 153 g/mol. The second-order valence-electron chi connectivity index (χ2n) is 2.79. The van der Waals surface area contributed by atoms with E-state index in [4.69, 9.17) is 15.5 Å². The highest BCUT2D eigenvalue weighted by molar-refractivity contribution is 7.52. The standard InChI is InChI=1S/C5H14NO3P/c1-4(2)3-5(6)10(7,8)9/h4-5H,3,6H2,1-2H3,(H2,7,8,9)/t5-/m1/s1. The smallest absolute Gasteiger partial charge is 0.323 e. The van der Waals surface area contributed by atoms with Crippen LogP contribution >= 0.6 is 7.60 Å². The highest BCUT2D eigenvalue weighted by Crippen LogP contribution is 2.40. The molecule has 0 fully saturated rings. The summed E-state index contributed by atoms with van der Waals surface area (Å²) in [6.45, 7) is 3.74. The SMILES string of the molecule is CC(C)C[C@H](N)P(=O)(O)O. The van der Waals surface area contributed by atoms with Gasteiger partial charge < -0.3 is 15.5 Å². The average Bonchev–Trinajstić information content (AvgIpc) is 1.60. The van der Waals surface area contributed by atoms with Crippen molar-refractivity contribution in [2.75, 3.05) is 0 Å². The van der Waals surface area contributed by atoms with E-state index in [0.717, 1.165) is 0 Å². The molecule has 0 saturated heterocycles. The van der Waals surface area contributed by atoms with Crippen molar-refractivity contribution < 1.29 is 14.4 Å². The van der Waals surface area contributed by atoms with E-state index in [1.807, 2.05) is 13.8 Å². The molecule has 5 heteroatoms. The minimum Gasteiger partial charge on any atom is -0.323 e. The van der Waals surface area contributed by atoms with Gasteiger partial charge in [-0.1, -0.05) is 13.8 Å². The maximum atomic E-state index is 10.4. The van der Waals surface area contributed by atoms with E-state index in [1.165, 1.54) is 0 Å². The summed E-state index contributed by atoms with van der Waals surface area (Å²) >= 11 is 0. The highest BCUT2D eigenvalue weighted by Gasteiger charge is 2.24. The molecule has 0 heterocycles. The monoisotopic (exact) mass is 167 g/mol. The lowest BCUT2D eigenvalue weighted by Crippen LogP contribution is -2.21. The number of hydrogen-bond donors (Lipinski definition) is 3. The maximum absolute atomic E-state index is 10.4. The summed E-state index contributed by atoms with van der Waals surface area (Å²) < 4.78 is 10.4. The lowest BCUT2D eigenvalue weighted by molar-refractivity contribution is 0.348. The van der Waals surface area contributed by atoms with Gasteiger partial charge in [0, 0.05) is 0 Å². The summed E-state index contributed by atoms with van der Waals surface area (Å²) in [5, 5.41) is 0. The van der Waals surface area contributed by atoms with E-state index in [9.17, 15) is 4.57 Å². The largest absolute Gasteiger partial charge is 0.342 e. The Morgan fingerprint density at radius 2 is 1.90 bits per heavy atom. The fraction of sp³-hybridized carbons (Fsp3) is 1.00. The second kappa shape index (κ2) is 3.49. The lowest BCUT2D eigenvalue weighted by Gasteiger charge is -2.14. The molecule has 4 N–H and O–H groups in total. The van der Waals surface area contributed by atoms with Crippen LogP contribution in [0, 0.1) is 5.92 Å². The van der Waals surface area contributed by atoms with E-state index < -0.39 is 13.4 Å². The van der Waals surface area contributed by atoms with Gasteiger partial charge in [0.1, 0.15) is 5.78 Å². The van der Waals surface area contributed by atoms with Crippen molar-refractivity contribution in [3.05, 3.63) is 0 Å². The molecule has 0 aliphatic heterocycles. The van der Waals surface area contributed by atoms with Crippen LogP contribution in [0.2, 0.25) is 0 Å². The Kier molecular flexibility index (Phi) is 3.52. The minimum absolute atomic E-state index is 0.225. The molecule has 0 rings (SSSR count). The molecular formula is C5H14NO3P. The minimum atomic E-state index is -4.03. The predicted octanol–water partition coefficient (Wildman–Crippen LogP) is 0.495. The summed E-state index contributed by atoms with van der Waals surface area (Å²) in [6.07, 6.45) is 0.365. The number of hydrogen-bond acceptors (Lipinski definition) is 2. The summed E-state index contributed by atoms with van der Waals surface area (Å²) in [7, 11) is -4.03. The van der Waals surface area contributed by atoms with Crippen LogP contribution in [0.1, 0.15) is 20.3 Å². The Morgan fingerprint density at radius 1 is 1.50 bits per heavy atom. The number of nitrogens with two attached hydrogens (primary N) is 1. The Morgan fingerprint density at radius 3 is 2.00 bits per heavy atom. The molecule has 0 saturated carbocycles. The second-order valence-corrected chi connectivity index (χ2v) is 4.63. The fourth-order valence-electron chi connectivity index (χ4n) is 0.620. The Bertz CT molecular complexity index is 142. The van der Waals surface area contributed by atoms with Crippen LogP contribution in [0.3, 0.4) is 0 Å². The molecule has 0 unspecified atom stereocenters. The zero-order valence-electron chi connectivity index (χ0n) is 6.19. The topological polar surface area (TPSA) is 83.6 Å². The van der Waals surface area contributed by atoms with E-state index in [2.05, 4.69) is 0 Å². The first-order valence-corrected chi connectivity index (χ1v) is 4.83. The highest BCUT2D eigenvalue weighted by atomic mass is 31.2. The zero-order valence-corrected chi connectivity index (χ0v) is 7.08. The van der Waals surface area contributed by atoms with Crippen LogP contribution in [-0.4, -0.2) is 15.6 Å². The molecule has 0 aliphatic rings.